The predicted octanol–water partition coefficient (Wildman–Crippen LogP) is 5.58. The Kier molecular flexibility index (Phi) is 8.49. The van der Waals surface area contributed by atoms with Gasteiger partial charge < -0.3 is 10.6 Å². The number of rotatable bonds is 9. The maximum absolute atomic E-state index is 12.9. The maximum atomic E-state index is 12.9. The van der Waals surface area contributed by atoms with Crippen LogP contribution in [0.4, 0.5) is 10.8 Å². The molecule has 3 aromatic rings. The van der Waals surface area contributed by atoms with Gasteiger partial charge >= 0.3 is 0 Å². The quantitative estimate of drug-likeness (QED) is 0.275. The number of hydrogen-bond acceptors (Lipinski definition) is 8. The molecule has 2 heterocycles. The number of non-ortho nitro benzene ring substituents is 1. The Balaban J connectivity index is 1.74. The van der Waals surface area contributed by atoms with Crippen LogP contribution in [0.1, 0.15) is 16.8 Å². The van der Waals surface area contributed by atoms with Crippen molar-refractivity contribution >= 4 is 80.3 Å². The molecule has 1 atom stereocenters. The molecule has 0 fully saturated rings. The number of amides is 2. The zero-order valence-corrected chi connectivity index (χ0v) is 20.4. The van der Waals surface area contributed by atoms with Crippen molar-refractivity contribution in [3.8, 4) is 10.6 Å². The number of nitrogens with one attached hydrogen (secondary N) is 2. The average molecular weight is 531 g/mol. The molecular weight excluding hydrogens is 515 g/mol. The summed E-state index contributed by atoms with van der Waals surface area (Å²) in [7, 11) is 0. The third kappa shape index (κ3) is 6.20. The van der Waals surface area contributed by atoms with Crippen LogP contribution in [-0.4, -0.2) is 39.8 Å². The van der Waals surface area contributed by atoms with E-state index in [9.17, 15) is 19.7 Å². The minimum absolute atomic E-state index is 0.0521. The third-order valence-electron chi connectivity index (χ3n) is 4.20. The molecule has 0 aliphatic rings. The highest BCUT2D eigenvalue weighted by Crippen LogP contribution is 2.33. The highest BCUT2D eigenvalue weighted by molar-refractivity contribution is 7.98. The SMILES string of the molecule is CSCC[C@@H](NC(=O)c1cc([N+](=O)[O-])ccc1Cl)C(=O)Nc1nc(-c2ccc(Cl)s2)cs1. The van der Waals surface area contributed by atoms with Gasteiger partial charge in [0.15, 0.2) is 5.13 Å². The van der Waals surface area contributed by atoms with E-state index in [1.165, 1.54) is 46.6 Å². The van der Waals surface area contributed by atoms with E-state index in [-0.39, 0.29) is 16.3 Å². The van der Waals surface area contributed by atoms with Crippen LogP contribution in [0.2, 0.25) is 9.36 Å². The first-order valence-electron chi connectivity index (χ1n) is 9.04. The Labute approximate surface area is 205 Å². The van der Waals surface area contributed by atoms with Crippen molar-refractivity contribution in [1.82, 2.24) is 10.3 Å². The largest absolute Gasteiger partial charge is 0.340 e. The lowest BCUT2D eigenvalue weighted by Gasteiger charge is -2.17. The molecule has 8 nitrogen and oxygen atoms in total. The fourth-order valence-electron chi connectivity index (χ4n) is 2.63. The Morgan fingerprint density at radius 3 is 2.72 bits per heavy atom. The van der Waals surface area contributed by atoms with Gasteiger partial charge in [-0.2, -0.15) is 11.8 Å². The molecule has 13 heteroatoms. The molecule has 0 spiro atoms. The van der Waals surface area contributed by atoms with Gasteiger partial charge in [0.05, 0.1) is 30.4 Å². The lowest BCUT2D eigenvalue weighted by atomic mass is 10.1. The van der Waals surface area contributed by atoms with E-state index in [4.69, 9.17) is 23.2 Å². The number of carbonyl (C=O) groups is 2. The lowest BCUT2D eigenvalue weighted by Crippen LogP contribution is -2.44. The summed E-state index contributed by atoms with van der Waals surface area (Å²) in [6, 6.07) is 6.30. The molecule has 2 aromatic heterocycles. The minimum Gasteiger partial charge on any atom is -0.340 e. The summed E-state index contributed by atoms with van der Waals surface area (Å²) >= 11 is 16.2. The van der Waals surface area contributed by atoms with Crippen LogP contribution in [0.5, 0.6) is 0 Å². The van der Waals surface area contributed by atoms with Crippen molar-refractivity contribution in [2.24, 2.45) is 0 Å². The van der Waals surface area contributed by atoms with E-state index in [0.717, 1.165) is 10.9 Å². The number of thiophene rings is 1. The molecule has 3 rings (SSSR count). The van der Waals surface area contributed by atoms with Crippen LogP contribution in [-0.2, 0) is 4.79 Å². The number of halogens is 2. The fraction of sp³-hybridized carbons (Fsp3) is 0.211. The van der Waals surface area contributed by atoms with Gasteiger partial charge in [-0.05, 0) is 36.6 Å². The summed E-state index contributed by atoms with van der Waals surface area (Å²) in [4.78, 5) is 41.3. The van der Waals surface area contributed by atoms with Crippen LogP contribution in [0.25, 0.3) is 10.6 Å². The first-order valence-corrected chi connectivity index (χ1v) is 12.9. The highest BCUT2D eigenvalue weighted by atomic mass is 35.5. The number of nitro benzene ring substituents is 1. The summed E-state index contributed by atoms with van der Waals surface area (Å²) < 4.78 is 0.637. The third-order valence-corrected chi connectivity index (χ3v) is 7.18. The van der Waals surface area contributed by atoms with Gasteiger partial charge in [-0.25, -0.2) is 4.98 Å². The summed E-state index contributed by atoms with van der Waals surface area (Å²) in [5.74, 6) is -0.509. The number of thiazole rings is 1. The topological polar surface area (TPSA) is 114 Å². The summed E-state index contributed by atoms with van der Waals surface area (Å²) in [6.45, 7) is 0. The first-order chi connectivity index (χ1) is 15.3. The fourth-order valence-corrected chi connectivity index (χ4v) is 5.10. The van der Waals surface area contributed by atoms with Crippen LogP contribution in [0.15, 0.2) is 35.7 Å². The molecule has 0 aliphatic heterocycles. The Morgan fingerprint density at radius 2 is 2.06 bits per heavy atom. The summed E-state index contributed by atoms with van der Waals surface area (Å²) in [5, 5.41) is 18.6. The maximum Gasteiger partial charge on any atom is 0.270 e. The molecule has 0 aliphatic carbocycles. The summed E-state index contributed by atoms with van der Waals surface area (Å²) in [5.41, 5.74) is 0.345. The number of nitro groups is 1. The Bertz CT molecular complexity index is 1150. The average Bonchev–Trinajstić information content (AvgIpc) is 3.39. The number of thioether (sulfide) groups is 1. The van der Waals surface area contributed by atoms with E-state index in [0.29, 0.717) is 27.3 Å². The Morgan fingerprint density at radius 1 is 1.28 bits per heavy atom. The molecule has 32 heavy (non-hydrogen) atoms. The molecule has 168 valence electrons. The van der Waals surface area contributed by atoms with Crippen molar-refractivity contribution in [1.29, 1.82) is 0 Å². The molecule has 0 bridgehead atoms. The number of anilines is 1. The number of benzene rings is 1. The zero-order valence-electron chi connectivity index (χ0n) is 16.5. The molecule has 2 N–H and O–H groups in total. The van der Waals surface area contributed by atoms with Gasteiger partial charge in [0.25, 0.3) is 11.6 Å². The second-order valence-corrected chi connectivity index (χ2v) is 10.3. The second-order valence-electron chi connectivity index (χ2n) is 6.36. The van der Waals surface area contributed by atoms with Gasteiger partial charge in [-0.1, -0.05) is 23.2 Å². The van der Waals surface area contributed by atoms with Crippen LogP contribution in [0.3, 0.4) is 0 Å². The van der Waals surface area contributed by atoms with Gasteiger partial charge in [0.2, 0.25) is 5.91 Å². The van der Waals surface area contributed by atoms with Crippen LogP contribution < -0.4 is 10.6 Å². The smallest absolute Gasteiger partial charge is 0.270 e. The molecule has 0 saturated heterocycles. The zero-order chi connectivity index (χ0) is 23.3. The van der Waals surface area contributed by atoms with Crippen LogP contribution in [0, 0.1) is 10.1 Å². The predicted molar refractivity (Wildman–Crippen MR) is 131 cm³/mol. The Hall–Kier alpha value is -2.18. The van der Waals surface area contributed by atoms with E-state index < -0.39 is 22.8 Å². The number of aromatic nitrogens is 1. The van der Waals surface area contributed by atoms with Gasteiger partial charge in [-0.3, -0.25) is 19.7 Å². The van der Waals surface area contributed by atoms with E-state index in [1.807, 2.05) is 12.3 Å². The van der Waals surface area contributed by atoms with E-state index in [1.54, 1.807) is 11.4 Å². The van der Waals surface area contributed by atoms with Crippen molar-refractivity contribution in [3.63, 3.8) is 0 Å². The van der Waals surface area contributed by atoms with E-state index >= 15 is 0 Å². The molecular formula is C19H16Cl2N4O4S3. The van der Waals surface area contributed by atoms with Gasteiger partial charge in [0, 0.05) is 17.5 Å². The minimum atomic E-state index is -0.881. The van der Waals surface area contributed by atoms with Gasteiger partial charge in [-0.15, -0.1) is 22.7 Å². The molecule has 1 aromatic carbocycles. The number of hydrogen-bond donors (Lipinski definition) is 2. The first kappa shape index (κ1) is 24.5. The van der Waals surface area contributed by atoms with Crippen molar-refractivity contribution < 1.29 is 14.5 Å². The molecule has 0 radical (unpaired) electrons. The van der Waals surface area contributed by atoms with Crippen molar-refractivity contribution in [2.45, 2.75) is 12.5 Å². The van der Waals surface area contributed by atoms with Crippen molar-refractivity contribution in [3.05, 3.63) is 60.7 Å². The molecule has 0 unspecified atom stereocenters. The van der Waals surface area contributed by atoms with Gasteiger partial charge in [0.1, 0.15) is 6.04 Å². The number of nitrogens with zero attached hydrogens (tertiary/aromatic N) is 2. The summed E-state index contributed by atoms with van der Waals surface area (Å²) in [6.07, 6.45) is 2.23. The van der Waals surface area contributed by atoms with E-state index in [2.05, 4.69) is 15.6 Å². The molecule has 2 amide bonds. The lowest BCUT2D eigenvalue weighted by molar-refractivity contribution is -0.384. The normalized spacial score (nSPS) is 11.7. The van der Waals surface area contributed by atoms with Crippen LogP contribution >= 0.6 is 57.6 Å². The highest BCUT2D eigenvalue weighted by Gasteiger charge is 2.24. The molecule has 0 saturated carbocycles. The number of carbonyl (C=O) groups excluding carboxylic acids is 2. The second kappa shape index (κ2) is 11.1. The standard InChI is InChI=1S/C19H16Cl2N4O4S3/c1-30-7-6-13(22-17(26)11-8-10(25(28)29)2-3-12(11)20)18(27)24-19-23-14(9-31-19)15-4-5-16(21)32-15/h2-5,8-9,13H,6-7H2,1H3,(H,22,26)(H,23,24,27)/t13-/m1/s1. The monoisotopic (exact) mass is 530 g/mol. The van der Waals surface area contributed by atoms with Crippen molar-refractivity contribution in [2.75, 3.05) is 17.3 Å².